The molecule has 14 heavy (non-hydrogen) atoms. The van der Waals surface area contributed by atoms with Gasteiger partial charge in [-0.15, -0.1) is 0 Å². The van der Waals surface area contributed by atoms with Gasteiger partial charge in [-0.1, -0.05) is 0 Å². The number of rotatable bonds is 2. The van der Waals surface area contributed by atoms with Gasteiger partial charge in [0.1, 0.15) is 0 Å². The molecule has 0 unspecified atom stereocenters. The highest BCUT2D eigenvalue weighted by atomic mass is 16.2. The molecule has 0 atom stereocenters. The van der Waals surface area contributed by atoms with Gasteiger partial charge in [-0.2, -0.15) is 0 Å². The number of likely N-dealkylation sites (tertiary alicyclic amines) is 1. The minimum absolute atomic E-state index is 0.217. The van der Waals surface area contributed by atoms with Crippen molar-refractivity contribution in [3.8, 4) is 0 Å². The zero-order chi connectivity index (χ0) is 10.7. The van der Waals surface area contributed by atoms with Gasteiger partial charge in [-0.3, -0.25) is 4.79 Å². The van der Waals surface area contributed by atoms with Crippen LogP contribution < -0.4 is 0 Å². The van der Waals surface area contributed by atoms with Gasteiger partial charge in [-0.05, 0) is 46.8 Å². The fraction of sp³-hybridized carbons (Fsp3) is 0.909. The van der Waals surface area contributed by atoms with Crippen LogP contribution in [0, 0.1) is 0 Å². The van der Waals surface area contributed by atoms with E-state index in [1.54, 1.807) is 6.92 Å². The summed E-state index contributed by atoms with van der Waals surface area (Å²) in [6.07, 6.45) is 2.24. The highest BCUT2D eigenvalue weighted by Gasteiger charge is 2.26. The molecule has 1 heterocycles. The molecule has 1 amide bonds. The lowest BCUT2D eigenvalue weighted by Gasteiger charge is -2.39. The van der Waals surface area contributed by atoms with Gasteiger partial charge in [0, 0.05) is 19.0 Å². The Balaban J connectivity index is 2.56. The summed E-state index contributed by atoms with van der Waals surface area (Å²) < 4.78 is 0. The molecule has 0 aromatic rings. The van der Waals surface area contributed by atoms with Crippen molar-refractivity contribution in [2.24, 2.45) is 0 Å². The van der Waals surface area contributed by atoms with E-state index in [1.165, 1.54) is 0 Å². The molecule has 1 saturated heterocycles. The fourth-order valence-corrected chi connectivity index (χ4v) is 2.32. The second kappa shape index (κ2) is 4.78. The molecule has 1 fully saturated rings. The lowest BCUT2D eigenvalue weighted by molar-refractivity contribution is -0.134. The van der Waals surface area contributed by atoms with E-state index < -0.39 is 0 Å². The second-order valence-corrected chi connectivity index (χ2v) is 4.55. The molecule has 0 N–H and O–H groups in total. The minimum Gasteiger partial charge on any atom is -0.337 e. The van der Waals surface area contributed by atoms with Crippen LogP contribution in [0.25, 0.3) is 0 Å². The van der Waals surface area contributed by atoms with E-state index >= 15 is 0 Å². The van der Waals surface area contributed by atoms with E-state index in [0.29, 0.717) is 12.1 Å². The van der Waals surface area contributed by atoms with Crippen LogP contribution in [-0.4, -0.2) is 47.9 Å². The zero-order valence-electron chi connectivity index (χ0n) is 9.79. The summed E-state index contributed by atoms with van der Waals surface area (Å²) in [4.78, 5) is 15.8. The largest absolute Gasteiger partial charge is 0.337 e. The first-order chi connectivity index (χ1) is 6.52. The van der Waals surface area contributed by atoms with Crippen molar-refractivity contribution in [3.63, 3.8) is 0 Å². The number of hydrogen-bond donors (Lipinski definition) is 0. The Labute approximate surface area is 87.1 Å². The summed E-state index contributed by atoms with van der Waals surface area (Å²) in [5, 5.41) is 0. The number of carbonyl (C=O) groups is 1. The second-order valence-electron chi connectivity index (χ2n) is 4.55. The highest BCUT2D eigenvalue weighted by Crippen LogP contribution is 2.17. The van der Waals surface area contributed by atoms with Gasteiger partial charge in [0.05, 0.1) is 0 Å². The Kier molecular flexibility index (Phi) is 3.93. The summed E-state index contributed by atoms with van der Waals surface area (Å²) >= 11 is 0. The number of piperidine rings is 1. The third-order valence-electron chi connectivity index (χ3n) is 3.00. The number of carbonyl (C=O) groups excluding carboxylic acids is 1. The van der Waals surface area contributed by atoms with Gasteiger partial charge in [0.15, 0.2) is 0 Å². The van der Waals surface area contributed by atoms with Gasteiger partial charge >= 0.3 is 0 Å². The van der Waals surface area contributed by atoms with Crippen LogP contribution >= 0.6 is 0 Å². The zero-order valence-corrected chi connectivity index (χ0v) is 9.79. The molecular formula is C11H22N2O. The predicted molar refractivity (Wildman–Crippen MR) is 58.2 cm³/mol. The Morgan fingerprint density at radius 3 is 2.21 bits per heavy atom. The van der Waals surface area contributed by atoms with E-state index in [1.807, 2.05) is 4.90 Å². The van der Waals surface area contributed by atoms with Gasteiger partial charge < -0.3 is 9.80 Å². The van der Waals surface area contributed by atoms with Crippen molar-refractivity contribution in [2.75, 3.05) is 20.1 Å². The molecule has 1 aliphatic rings. The summed E-state index contributed by atoms with van der Waals surface area (Å²) in [7, 11) is 2.14. The van der Waals surface area contributed by atoms with Crippen LogP contribution in [0.1, 0.15) is 33.6 Å². The topological polar surface area (TPSA) is 23.6 Å². The first kappa shape index (κ1) is 11.5. The maximum atomic E-state index is 11.5. The monoisotopic (exact) mass is 198 g/mol. The molecule has 0 aliphatic carbocycles. The van der Waals surface area contributed by atoms with Crippen molar-refractivity contribution in [1.29, 1.82) is 0 Å². The average Bonchev–Trinajstić information content (AvgIpc) is 2.07. The van der Waals surface area contributed by atoms with Crippen molar-refractivity contribution >= 4 is 5.91 Å². The van der Waals surface area contributed by atoms with E-state index in [4.69, 9.17) is 0 Å². The average molecular weight is 198 g/mol. The molecule has 0 radical (unpaired) electrons. The van der Waals surface area contributed by atoms with Crippen LogP contribution in [0.2, 0.25) is 0 Å². The van der Waals surface area contributed by atoms with Crippen molar-refractivity contribution in [1.82, 2.24) is 9.80 Å². The first-order valence-corrected chi connectivity index (χ1v) is 5.49. The third kappa shape index (κ3) is 2.71. The van der Waals surface area contributed by atoms with E-state index in [0.717, 1.165) is 25.9 Å². The van der Waals surface area contributed by atoms with E-state index in [-0.39, 0.29) is 5.91 Å². The normalized spacial score (nSPS) is 20.1. The SMILES string of the molecule is CC(=O)N(C(C)C)C1CCN(C)CC1. The number of nitrogens with zero attached hydrogens (tertiary/aromatic N) is 2. The van der Waals surface area contributed by atoms with Gasteiger partial charge in [0.25, 0.3) is 0 Å². The van der Waals surface area contributed by atoms with Crippen LogP contribution in [0.5, 0.6) is 0 Å². The Hall–Kier alpha value is -0.570. The maximum Gasteiger partial charge on any atom is 0.219 e. The standard InChI is InChI=1S/C11H22N2O/c1-9(2)13(10(3)14)11-5-7-12(4)8-6-11/h9,11H,5-8H2,1-4H3. The van der Waals surface area contributed by atoms with Crippen molar-refractivity contribution < 1.29 is 4.79 Å². The first-order valence-electron chi connectivity index (χ1n) is 5.49. The molecule has 0 aromatic carbocycles. The molecule has 3 nitrogen and oxygen atoms in total. The van der Waals surface area contributed by atoms with Gasteiger partial charge in [0.2, 0.25) is 5.91 Å². The minimum atomic E-state index is 0.217. The molecule has 0 spiro atoms. The lowest BCUT2D eigenvalue weighted by atomic mass is 10.0. The van der Waals surface area contributed by atoms with Crippen molar-refractivity contribution in [3.05, 3.63) is 0 Å². The number of amides is 1. The van der Waals surface area contributed by atoms with E-state index in [9.17, 15) is 4.79 Å². The van der Waals surface area contributed by atoms with Crippen LogP contribution in [-0.2, 0) is 4.79 Å². The molecule has 1 aliphatic heterocycles. The fourth-order valence-electron chi connectivity index (χ4n) is 2.32. The summed E-state index contributed by atoms with van der Waals surface area (Å²) in [6, 6.07) is 0.796. The molecule has 0 bridgehead atoms. The Morgan fingerprint density at radius 2 is 1.86 bits per heavy atom. The number of hydrogen-bond acceptors (Lipinski definition) is 2. The molecule has 3 heteroatoms. The molecule has 1 rings (SSSR count). The van der Waals surface area contributed by atoms with Crippen LogP contribution in [0.4, 0.5) is 0 Å². The summed E-state index contributed by atoms with van der Waals surface area (Å²) in [6.45, 7) is 8.10. The maximum absolute atomic E-state index is 11.5. The highest BCUT2D eigenvalue weighted by molar-refractivity contribution is 5.73. The molecule has 0 aromatic heterocycles. The Morgan fingerprint density at radius 1 is 1.36 bits per heavy atom. The van der Waals surface area contributed by atoms with Crippen LogP contribution in [0.15, 0.2) is 0 Å². The van der Waals surface area contributed by atoms with Crippen LogP contribution in [0.3, 0.4) is 0 Å². The summed E-state index contributed by atoms with van der Waals surface area (Å²) in [5.41, 5.74) is 0. The van der Waals surface area contributed by atoms with Crippen molar-refractivity contribution in [2.45, 2.75) is 45.7 Å². The molecule has 82 valence electrons. The lowest BCUT2D eigenvalue weighted by Crippen LogP contribution is -2.48. The smallest absolute Gasteiger partial charge is 0.219 e. The molecule has 0 saturated carbocycles. The van der Waals surface area contributed by atoms with Gasteiger partial charge in [-0.25, -0.2) is 0 Å². The summed E-state index contributed by atoms with van der Waals surface area (Å²) in [5.74, 6) is 0.217. The molecular weight excluding hydrogens is 176 g/mol. The Bertz CT molecular complexity index is 195. The predicted octanol–water partition coefficient (Wildman–Crippen LogP) is 1.34. The quantitative estimate of drug-likeness (QED) is 0.668. The van der Waals surface area contributed by atoms with E-state index in [2.05, 4.69) is 25.8 Å². The third-order valence-corrected chi connectivity index (χ3v) is 3.00.